The van der Waals surface area contributed by atoms with E-state index in [2.05, 4.69) is 0 Å². The van der Waals surface area contributed by atoms with Crippen LogP contribution < -0.4 is 10.8 Å². The molecule has 0 aliphatic heterocycles. The molecule has 96 valence electrons. The van der Waals surface area contributed by atoms with Crippen LogP contribution in [0.3, 0.4) is 0 Å². The van der Waals surface area contributed by atoms with Gasteiger partial charge in [-0.15, -0.1) is 0 Å². The van der Waals surface area contributed by atoms with Gasteiger partial charge in [0.2, 0.25) is 0 Å². The summed E-state index contributed by atoms with van der Waals surface area (Å²) in [6.07, 6.45) is -5.21. The first-order chi connectivity index (χ1) is 8.12. The van der Waals surface area contributed by atoms with E-state index >= 15 is 0 Å². The van der Waals surface area contributed by atoms with Crippen LogP contribution in [0.25, 0.3) is 0 Å². The summed E-state index contributed by atoms with van der Waals surface area (Å²) in [5.74, 6) is -3.37. The molecule has 1 rings (SSSR count). The van der Waals surface area contributed by atoms with E-state index in [0.29, 0.717) is 6.07 Å². The smallest absolute Gasteiger partial charge is 0.312 e. The minimum absolute atomic E-state index is 0.119. The van der Waals surface area contributed by atoms with Gasteiger partial charge in [-0.3, -0.25) is 14.9 Å². The van der Waals surface area contributed by atoms with Crippen molar-refractivity contribution in [2.75, 3.05) is 5.32 Å². The molecule has 1 aromatic rings. The fraction of sp³-hybridized carbons (Fsp3) is 0.125. The Morgan fingerprint density at radius 1 is 1.39 bits per heavy atom. The van der Waals surface area contributed by atoms with Crippen molar-refractivity contribution in [2.24, 2.45) is 0 Å². The van der Waals surface area contributed by atoms with E-state index in [4.69, 9.17) is 0 Å². The average molecular weight is 264 g/mol. The molecule has 18 heavy (non-hydrogen) atoms. The number of nitrogens with zero attached hydrogens (tertiary/aromatic N) is 1. The molecule has 0 unspecified atom stereocenters. The van der Waals surface area contributed by atoms with E-state index in [-0.39, 0.29) is 5.46 Å². The Balaban J connectivity index is 3.20. The van der Waals surface area contributed by atoms with Crippen LogP contribution in [0.4, 0.5) is 28.9 Å². The lowest BCUT2D eigenvalue weighted by molar-refractivity contribution is -0.383. The van der Waals surface area contributed by atoms with Crippen molar-refractivity contribution in [1.82, 2.24) is 0 Å². The largest absolute Gasteiger partial charge is 0.471 e. The normalized spacial score (nSPS) is 11.1. The molecule has 0 heterocycles. The standard InChI is InChI=1S/C8H5BF4N2O3/c9-3-1-6(15(17)18)5(2-4(3)10)14-7(16)8(11,12)13/h1-2H,9H2,(H,14,16). The van der Waals surface area contributed by atoms with E-state index in [0.717, 1.165) is 6.07 Å². The topological polar surface area (TPSA) is 72.2 Å². The number of alkyl halides is 3. The van der Waals surface area contributed by atoms with Gasteiger partial charge in [-0.2, -0.15) is 13.2 Å². The van der Waals surface area contributed by atoms with Crippen LogP contribution in [0.5, 0.6) is 0 Å². The zero-order valence-corrected chi connectivity index (χ0v) is 8.84. The van der Waals surface area contributed by atoms with Crippen LogP contribution in [-0.4, -0.2) is 24.9 Å². The van der Waals surface area contributed by atoms with Crippen molar-refractivity contribution in [3.8, 4) is 0 Å². The van der Waals surface area contributed by atoms with Gasteiger partial charge in [-0.1, -0.05) is 0 Å². The second kappa shape index (κ2) is 4.63. The minimum atomic E-state index is -5.21. The van der Waals surface area contributed by atoms with Gasteiger partial charge in [0.1, 0.15) is 19.4 Å². The number of rotatable bonds is 2. The molecule has 0 fully saturated rings. The maximum absolute atomic E-state index is 13.1. The first-order valence-corrected chi connectivity index (χ1v) is 4.45. The lowest BCUT2D eigenvalue weighted by Gasteiger charge is -2.09. The molecule has 0 aliphatic carbocycles. The lowest BCUT2D eigenvalue weighted by atomic mass is 9.94. The van der Waals surface area contributed by atoms with Gasteiger partial charge in [0, 0.05) is 12.1 Å². The van der Waals surface area contributed by atoms with Gasteiger partial charge in [0.25, 0.3) is 5.69 Å². The zero-order chi connectivity index (χ0) is 14.1. The molecule has 0 bridgehead atoms. The van der Waals surface area contributed by atoms with Gasteiger partial charge in [0.05, 0.1) is 4.92 Å². The number of carbonyl (C=O) groups excluding carboxylic acids is 1. The number of amides is 1. The van der Waals surface area contributed by atoms with Gasteiger partial charge >= 0.3 is 12.1 Å². The summed E-state index contributed by atoms with van der Waals surface area (Å²) in [5.41, 5.74) is -1.77. The number of nitro groups is 1. The third-order valence-corrected chi connectivity index (χ3v) is 1.98. The number of hydrogen-bond donors (Lipinski definition) is 1. The van der Waals surface area contributed by atoms with Gasteiger partial charge in [0.15, 0.2) is 0 Å². The van der Waals surface area contributed by atoms with E-state index in [9.17, 15) is 32.5 Å². The summed E-state index contributed by atoms with van der Waals surface area (Å²) in [5, 5.41) is 11.8. The fourth-order valence-corrected chi connectivity index (χ4v) is 1.11. The number of benzene rings is 1. The van der Waals surface area contributed by atoms with Crippen LogP contribution in [0.2, 0.25) is 0 Å². The van der Waals surface area contributed by atoms with E-state index in [1.807, 2.05) is 0 Å². The predicted octanol–water partition coefficient (Wildman–Crippen LogP) is 0.493. The summed E-state index contributed by atoms with van der Waals surface area (Å²) in [7, 11) is 1.21. The molecule has 1 N–H and O–H groups in total. The Hall–Kier alpha value is -2.13. The molecule has 0 saturated heterocycles. The highest BCUT2D eigenvalue weighted by atomic mass is 19.4. The van der Waals surface area contributed by atoms with Gasteiger partial charge < -0.3 is 5.32 Å². The number of carbonyl (C=O) groups is 1. The van der Waals surface area contributed by atoms with Crippen LogP contribution >= 0.6 is 0 Å². The maximum atomic E-state index is 13.1. The molecule has 0 spiro atoms. The molecular weight excluding hydrogens is 259 g/mol. The molecule has 5 nitrogen and oxygen atoms in total. The monoisotopic (exact) mass is 264 g/mol. The number of nitro benzene ring substituents is 1. The van der Waals surface area contributed by atoms with Gasteiger partial charge in [-0.25, -0.2) is 4.39 Å². The van der Waals surface area contributed by atoms with Gasteiger partial charge in [-0.05, 0) is 5.46 Å². The zero-order valence-electron chi connectivity index (χ0n) is 8.84. The van der Waals surface area contributed by atoms with E-state index in [1.165, 1.54) is 13.2 Å². The third kappa shape index (κ3) is 2.96. The first-order valence-electron chi connectivity index (χ1n) is 4.45. The molecule has 0 aliphatic rings. The highest BCUT2D eigenvalue weighted by Crippen LogP contribution is 2.26. The number of anilines is 1. The second-order valence-electron chi connectivity index (χ2n) is 3.33. The Kier molecular flexibility index (Phi) is 3.58. The third-order valence-electron chi connectivity index (χ3n) is 1.98. The number of hydrogen-bond acceptors (Lipinski definition) is 3. The summed E-state index contributed by atoms with van der Waals surface area (Å²) >= 11 is 0. The Bertz CT molecular complexity index is 518. The molecule has 0 radical (unpaired) electrons. The SMILES string of the molecule is Bc1cc([N+](=O)[O-])c(NC(=O)C(F)(F)F)cc1F. The van der Waals surface area contributed by atoms with Crippen LogP contribution in [0.15, 0.2) is 12.1 Å². The second-order valence-corrected chi connectivity index (χ2v) is 3.33. The highest BCUT2D eigenvalue weighted by Gasteiger charge is 2.39. The highest BCUT2D eigenvalue weighted by molar-refractivity contribution is 6.33. The molecule has 0 saturated carbocycles. The van der Waals surface area contributed by atoms with Crippen molar-refractivity contribution in [3.63, 3.8) is 0 Å². The Morgan fingerprint density at radius 3 is 2.39 bits per heavy atom. The molecule has 1 amide bonds. The van der Waals surface area contributed by atoms with Crippen LogP contribution in [0, 0.1) is 15.9 Å². The van der Waals surface area contributed by atoms with Crippen LogP contribution in [0.1, 0.15) is 0 Å². The number of halogens is 4. The van der Waals surface area contributed by atoms with E-state index in [1.54, 1.807) is 0 Å². The average Bonchev–Trinajstić information content (AvgIpc) is 2.21. The fourth-order valence-electron chi connectivity index (χ4n) is 1.11. The predicted molar refractivity (Wildman–Crippen MR) is 55.9 cm³/mol. The summed E-state index contributed by atoms with van der Waals surface area (Å²) in [6, 6.07) is 1.21. The molecule has 0 atom stereocenters. The Labute approximate surface area is 98.3 Å². The van der Waals surface area contributed by atoms with Crippen molar-refractivity contribution in [2.45, 2.75) is 6.18 Å². The van der Waals surface area contributed by atoms with Crippen molar-refractivity contribution in [1.29, 1.82) is 0 Å². The first kappa shape index (κ1) is 13.9. The van der Waals surface area contributed by atoms with E-state index < -0.39 is 34.2 Å². The quantitative estimate of drug-likeness (QED) is 0.365. The minimum Gasteiger partial charge on any atom is -0.312 e. The van der Waals surface area contributed by atoms with Crippen molar-refractivity contribution in [3.05, 3.63) is 28.1 Å². The molecular formula is C8H5BF4N2O3. The van der Waals surface area contributed by atoms with Crippen LogP contribution in [-0.2, 0) is 4.79 Å². The summed E-state index contributed by atoms with van der Waals surface area (Å²) in [6.45, 7) is 0. The molecule has 1 aromatic carbocycles. The Morgan fingerprint density at radius 2 is 1.94 bits per heavy atom. The van der Waals surface area contributed by atoms with Crippen molar-refractivity contribution >= 4 is 30.6 Å². The van der Waals surface area contributed by atoms with Crippen molar-refractivity contribution < 1.29 is 27.3 Å². The molecule has 10 heteroatoms. The lowest BCUT2D eigenvalue weighted by Crippen LogP contribution is -2.30. The summed E-state index contributed by atoms with van der Waals surface area (Å²) in [4.78, 5) is 20.2. The maximum Gasteiger partial charge on any atom is 0.471 e. The number of nitrogens with one attached hydrogen (secondary N) is 1. The molecule has 0 aromatic heterocycles. The summed E-state index contributed by atoms with van der Waals surface area (Å²) < 4.78 is 49.0.